The SMILES string of the molecule is COC1CCN(C(=O)NCC(C)C(=O)O)C1. The summed E-state index contributed by atoms with van der Waals surface area (Å²) in [7, 11) is 1.62. The van der Waals surface area contributed by atoms with Crippen molar-refractivity contribution in [1.29, 1.82) is 0 Å². The molecule has 1 aliphatic rings. The number of ether oxygens (including phenoxy) is 1. The van der Waals surface area contributed by atoms with Crippen molar-refractivity contribution in [3.05, 3.63) is 0 Å². The second kappa shape index (κ2) is 5.69. The number of hydrogen-bond donors (Lipinski definition) is 2. The number of likely N-dealkylation sites (tertiary alicyclic amines) is 1. The fourth-order valence-electron chi connectivity index (χ4n) is 1.54. The van der Waals surface area contributed by atoms with Gasteiger partial charge < -0.3 is 20.1 Å². The molecule has 0 aromatic heterocycles. The van der Waals surface area contributed by atoms with Crippen LogP contribution in [0.2, 0.25) is 0 Å². The smallest absolute Gasteiger partial charge is 0.317 e. The molecule has 16 heavy (non-hydrogen) atoms. The molecule has 0 aliphatic carbocycles. The number of nitrogens with zero attached hydrogens (tertiary/aromatic N) is 1. The highest BCUT2D eigenvalue weighted by molar-refractivity contribution is 5.76. The molecule has 0 aromatic rings. The Morgan fingerprint density at radius 1 is 1.62 bits per heavy atom. The minimum absolute atomic E-state index is 0.0997. The first kappa shape index (κ1) is 12.8. The summed E-state index contributed by atoms with van der Waals surface area (Å²) in [5.41, 5.74) is 0. The van der Waals surface area contributed by atoms with Gasteiger partial charge in [0.25, 0.3) is 0 Å². The Morgan fingerprint density at radius 2 is 2.31 bits per heavy atom. The maximum Gasteiger partial charge on any atom is 0.317 e. The zero-order valence-corrected chi connectivity index (χ0v) is 9.60. The number of carboxylic acid groups (broad SMARTS) is 1. The lowest BCUT2D eigenvalue weighted by Crippen LogP contribution is -2.41. The molecule has 1 aliphatic heterocycles. The van der Waals surface area contributed by atoms with Crippen molar-refractivity contribution >= 4 is 12.0 Å². The van der Waals surface area contributed by atoms with Crippen LogP contribution in [-0.2, 0) is 9.53 Å². The summed E-state index contributed by atoms with van der Waals surface area (Å²) >= 11 is 0. The summed E-state index contributed by atoms with van der Waals surface area (Å²) < 4.78 is 5.14. The molecule has 92 valence electrons. The van der Waals surface area contributed by atoms with Gasteiger partial charge in [-0.05, 0) is 6.42 Å². The molecule has 6 nitrogen and oxygen atoms in total. The van der Waals surface area contributed by atoms with Gasteiger partial charge in [-0.1, -0.05) is 6.92 Å². The second-order valence-corrected chi connectivity index (χ2v) is 4.02. The summed E-state index contributed by atoms with van der Waals surface area (Å²) in [4.78, 5) is 23.8. The molecule has 1 saturated heterocycles. The lowest BCUT2D eigenvalue weighted by molar-refractivity contribution is -0.140. The minimum Gasteiger partial charge on any atom is -0.481 e. The van der Waals surface area contributed by atoms with Crippen LogP contribution in [-0.4, -0.2) is 54.9 Å². The summed E-state index contributed by atoms with van der Waals surface area (Å²) in [6.07, 6.45) is 0.931. The van der Waals surface area contributed by atoms with Crippen molar-refractivity contribution in [2.45, 2.75) is 19.4 Å². The zero-order valence-electron chi connectivity index (χ0n) is 9.60. The van der Waals surface area contributed by atoms with E-state index in [0.29, 0.717) is 13.1 Å². The molecule has 0 saturated carbocycles. The molecule has 2 N–H and O–H groups in total. The number of carbonyl (C=O) groups is 2. The zero-order chi connectivity index (χ0) is 12.1. The molecule has 2 atom stereocenters. The number of rotatable bonds is 4. The third-order valence-corrected chi connectivity index (χ3v) is 2.75. The molecule has 2 unspecified atom stereocenters. The highest BCUT2D eigenvalue weighted by atomic mass is 16.5. The average Bonchev–Trinajstić information content (AvgIpc) is 2.73. The molecular weight excluding hydrogens is 212 g/mol. The van der Waals surface area contributed by atoms with Crippen molar-refractivity contribution in [1.82, 2.24) is 10.2 Å². The number of methoxy groups -OCH3 is 1. The molecule has 1 fully saturated rings. The molecule has 0 radical (unpaired) electrons. The van der Waals surface area contributed by atoms with E-state index in [-0.39, 0.29) is 18.7 Å². The van der Waals surface area contributed by atoms with Gasteiger partial charge in [-0.25, -0.2) is 4.79 Å². The molecule has 1 heterocycles. The summed E-state index contributed by atoms with van der Waals surface area (Å²) in [5.74, 6) is -1.47. The van der Waals surface area contributed by atoms with E-state index in [1.165, 1.54) is 0 Å². The fraction of sp³-hybridized carbons (Fsp3) is 0.800. The third kappa shape index (κ3) is 3.37. The van der Waals surface area contributed by atoms with E-state index < -0.39 is 11.9 Å². The standard InChI is InChI=1S/C10H18N2O4/c1-7(9(13)14)5-11-10(15)12-4-3-8(6-12)16-2/h7-8H,3-6H2,1-2H3,(H,11,15)(H,13,14). The van der Waals surface area contributed by atoms with Gasteiger partial charge in [0.1, 0.15) is 0 Å². The van der Waals surface area contributed by atoms with Crippen molar-refractivity contribution in [2.24, 2.45) is 5.92 Å². The highest BCUT2D eigenvalue weighted by Crippen LogP contribution is 2.11. The van der Waals surface area contributed by atoms with Gasteiger partial charge in [-0.2, -0.15) is 0 Å². The van der Waals surface area contributed by atoms with Crippen LogP contribution in [0, 0.1) is 5.92 Å². The molecule has 6 heteroatoms. The van der Waals surface area contributed by atoms with E-state index in [0.717, 1.165) is 6.42 Å². The van der Waals surface area contributed by atoms with E-state index >= 15 is 0 Å². The van der Waals surface area contributed by atoms with Crippen LogP contribution in [0.1, 0.15) is 13.3 Å². The number of aliphatic carboxylic acids is 1. The number of urea groups is 1. The molecule has 0 bridgehead atoms. The number of carbonyl (C=O) groups excluding carboxylic acids is 1. The average molecular weight is 230 g/mol. The van der Waals surface area contributed by atoms with E-state index in [4.69, 9.17) is 9.84 Å². The lowest BCUT2D eigenvalue weighted by atomic mass is 10.2. The second-order valence-electron chi connectivity index (χ2n) is 4.02. The van der Waals surface area contributed by atoms with Crippen LogP contribution in [0.15, 0.2) is 0 Å². The number of carboxylic acids is 1. The Kier molecular flexibility index (Phi) is 4.54. The summed E-state index contributed by atoms with van der Waals surface area (Å²) in [6.45, 7) is 2.95. The van der Waals surface area contributed by atoms with E-state index in [1.54, 1.807) is 18.9 Å². The van der Waals surface area contributed by atoms with Crippen molar-refractivity contribution in [3.63, 3.8) is 0 Å². The van der Waals surface area contributed by atoms with Crippen LogP contribution < -0.4 is 5.32 Å². The predicted molar refractivity (Wildman–Crippen MR) is 57.2 cm³/mol. The van der Waals surface area contributed by atoms with E-state index in [2.05, 4.69) is 5.32 Å². The van der Waals surface area contributed by atoms with Gasteiger partial charge in [-0.3, -0.25) is 4.79 Å². The quantitative estimate of drug-likeness (QED) is 0.720. The fourth-order valence-corrected chi connectivity index (χ4v) is 1.54. The topological polar surface area (TPSA) is 78.9 Å². The van der Waals surface area contributed by atoms with E-state index in [9.17, 15) is 9.59 Å². The first-order valence-corrected chi connectivity index (χ1v) is 5.33. The summed E-state index contributed by atoms with van der Waals surface area (Å²) in [5, 5.41) is 11.3. The van der Waals surface area contributed by atoms with Crippen molar-refractivity contribution in [3.8, 4) is 0 Å². The Balaban J connectivity index is 2.28. The lowest BCUT2D eigenvalue weighted by Gasteiger charge is -2.17. The first-order valence-electron chi connectivity index (χ1n) is 5.33. The van der Waals surface area contributed by atoms with Gasteiger partial charge in [0, 0.05) is 26.7 Å². The maximum atomic E-state index is 11.6. The Bertz CT molecular complexity index is 270. The molecule has 2 amide bonds. The van der Waals surface area contributed by atoms with Gasteiger partial charge in [0.05, 0.1) is 12.0 Å². The van der Waals surface area contributed by atoms with Gasteiger partial charge in [0.2, 0.25) is 0 Å². The van der Waals surface area contributed by atoms with Crippen molar-refractivity contribution in [2.75, 3.05) is 26.7 Å². The van der Waals surface area contributed by atoms with Crippen LogP contribution in [0.5, 0.6) is 0 Å². The van der Waals surface area contributed by atoms with Crippen LogP contribution >= 0.6 is 0 Å². The Morgan fingerprint density at radius 3 is 2.81 bits per heavy atom. The van der Waals surface area contributed by atoms with E-state index in [1.807, 2.05) is 0 Å². The number of amides is 2. The van der Waals surface area contributed by atoms with Crippen LogP contribution in [0.25, 0.3) is 0 Å². The van der Waals surface area contributed by atoms with Gasteiger partial charge in [0.15, 0.2) is 0 Å². The molecule has 0 aromatic carbocycles. The van der Waals surface area contributed by atoms with Gasteiger partial charge >= 0.3 is 12.0 Å². The Hall–Kier alpha value is -1.30. The summed E-state index contributed by atoms with van der Waals surface area (Å²) in [6, 6.07) is -0.215. The largest absolute Gasteiger partial charge is 0.481 e. The Labute approximate surface area is 94.6 Å². The monoisotopic (exact) mass is 230 g/mol. The highest BCUT2D eigenvalue weighted by Gasteiger charge is 2.26. The maximum absolute atomic E-state index is 11.6. The van der Waals surface area contributed by atoms with Crippen molar-refractivity contribution < 1.29 is 19.4 Å². The number of hydrogen-bond acceptors (Lipinski definition) is 3. The van der Waals surface area contributed by atoms with Gasteiger partial charge in [-0.15, -0.1) is 0 Å². The predicted octanol–water partition coefficient (Wildman–Crippen LogP) is 0.137. The number of nitrogens with one attached hydrogen (secondary N) is 1. The van der Waals surface area contributed by atoms with Crippen LogP contribution in [0.4, 0.5) is 4.79 Å². The normalized spacial score (nSPS) is 21.9. The van der Waals surface area contributed by atoms with Crippen LogP contribution in [0.3, 0.4) is 0 Å². The molecule has 0 spiro atoms. The minimum atomic E-state index is -0.906. The molecular formula is C10H18N2O4. The third-order valence-electron chi connectivity index (χ3n) is 2.75. The first-order chi connectivity index (χ1) is 7.54. The molecule has 1 rings (SSSR count).